The lowest BCUT2D eigenvalue weighted by Gasteiger charge is -2.04. The molecule has 0 radical (unpaired) electrons. The van der Waals surface area contributed by atoms with Crippen LogP contribution in [0, 0.1) is 12.7 Å². The van der Waals surface area contributed by atoms with E-state index < -0.39 is 0 Å². The first-order chi connectivity index (χ1) is 7.66. The molecule has 0 aromatic heterocycles. The normalized spacial score (nSPS) is 15.1. The second kappa shape index (κ2) is 4.74. The van der Waals surface area contributed by atoms with E-state index >= 15 is 0 Å². The van der Waals surface area contributed by atoms with Crippen molar-refractivity contribution in [1.29, 1.82) is 0 Å². The highest BCUT2D eigenvalue weighted by atomic mass is 19.1. The van der Waals surface area contributed by atoms with Crippen LogP contribution in [-0.2, 0) is 0 Å². The molecule has 0 spiro atoms. The fourth-order valence-electron chi connectivity index (χ4n) is 1.64. The summed E-state index contributed by atoms with van der Waals surface area (Å²) in [6, 6.07) is 5.16. The molecule has 1 N–H and O–H groups in total. The Balaban J connectivity index is 1.88. The third-order valence-electron chi connectivity index (χ3n) is 2.84. The number of hydrogen-bond donors (Lipinski definition) is 1. The van der Waals surface area contributed by atoms with Gasteiger partial charge in [-0.2, -0.15) is 0 Å². The van der Waals surface area contributed by atoms with Gasteiger partial charge >= 0.3 is 0 Å². The first-order valence-corrected chi connectivity index (χ1v) is 5.69. The van der Waals surface area contributed by atoms with E-state index in [9.17, 15) is 9.18 Å². The minimum atomic E-state index is -0.257. The molecule has 1 aromatic rings. The minimum absolute atomic E-state index is 0.0799. The van der Waals surface area contributed by atoms with Crippen molar-refractivity contribution >= 4 is 5.78 Å². The van der Waals surface area contributed by atoms with Gasteiger partial charge in [0.1, 0.15) is 5.82 Å². The van der Waals surface area contributed by atoms with Gasteiger partial charge in [-0.25, -0.2) is 4.39 Å². The van der Waals surface area contributed by atoms with Crippen LogP contribution in [0.4, 0.5) is 4.39 Å². The number of carbonyl (C=O) groups is 1. The zero-order chi connectivity index (χ0) is 11.5. The standard InChI is InChI=1S/C13H16FNO/c1-9-8-10(2-5-12(9)14)13(16)6-7-15-11-3-4-11/h2,5,8,11,15H,3-4,6-7H2,1H3. The number of benzene rings is 1. The van der Waals surface area contributed by atoms with Gasteiger partial charge in [0.25, 0.3) is 0 Å². The lowest BCUT2D eigenvalue weighted by Crippen LogP contribution is -2.20. The van der Waals surface area contributed by atoms with E-state index in [1.807, 2.05) is 0 Å². The summed E-state index contributed by atoms with van der Waals surface area (Å²) in [7, 11) is 0. The van der Waals surface area contributed by atoms with E-state index in [0.29, 0.717) is 23.6 Å². The highest BCUT2D eigenvalue weighted by molar-refractivity contribution is 5.96. The molecule has 1 aromatic carbocycles. The monoisotopic (exact) mass is 221 g/mol. The van der Waals surface area contributed by atoms with Crippen LogP contribution in [0.3, 0.4) is 0 Å². The second-order valence-corrected chi connectivity index (χ2v) is 4.37. The number of nitrogens with one attached hydrogen (secondary N) is 1. The lowest BCUT2D eigenvalue weighted by atomic mass is 10.1. The molecule has 1 aliphatic rings. The van der Waals surface area contributed by atoms with Gasteiger partial charge in [0.05, 0.1) is 0 Å². The van der Waals surface area contributed by atoms with E-state index in [1.54, 1.807) is 19.1 Å². The fraction of sp³-hybridized carbons (Fsp3) is 0.462. The van der Waals surface area contributed by atoms with Gasteiger partial charge in [0.2, 0.25) is 0 Å². The molecule has 1 fully saturated rings. The van der Waals surface area contributed by atoms with E-state index in [0.717, 1.165) is 6.54 Å². The maximum atomic E-state index is 13.0. The molecule has 0 bridgehead atoms. The molecule has 86 valence electrons. The average Bonchev–Trinajstić information content (AvgIpc) is 3.06. The Labute approximate surface area is 94.9 Å². The molecule has 1 saturated carbocycles. The Kier molecular flexibility index (Phi) is 3.34. The highest BCUT2D eigenvalue weighted by Gasteiger charge is 2.20. The van der Waals surface area contributed by atoms with E-state index in [1.165, 1.54) is 18.9 Å². The van der Waals surface area contributed by atoms with Crippen molar-refractivity contribution in [3.63, 3.8) is 0 Å². The summed E-state index contributed by atoms with van der Waals surface area (Å²) in [4.78, 5) is 11.7. The maximum absolute atomic E-state index is 13.0. The Hall–Kier alpha value is -1.22. The number of Topliss-reactive ketones (excluding diaryl/α,β-unsaturated/α-hetero) is 1. The van der Waals surface area contributed by atoms with Crippen LogP contribution >= 0.6 is 0 Å². The zero-order valence-corrected chi connectivity index (χ0v) is 9.42. The summed E-state index contributed by atoms with van der Waals surface area (Å²) >= 11 is 0. The zero-order valence-electron chi connectivity index (χ0n) is 9.42. The van der Waals surface area contributed by atoms with Crippen molar-refractivity contribution in [3.05, 3.63) is 35.1 Å². The quantitative estimate of drug-likeness (QED) is 0.774. The molecule has 1 aliphatic carbocycles. The first-order valence-electron chi connectivity index (χ1n) is 5.69. The molecule has 0 unspecified atom stereocenters. The molecule has 0 atom stereocenters. The fourth-order valence-corrected chi connectivity index (χ4v) is 1.64. The Morgan fingerprint density at radius 2 is 2.25 bits per heavy atom. The number of rotatable bonds is 5. The molecular formula is C13H16FNO. The topological polar surface area (TPSA) is 29.1 Å². The summed E-state index contributed by atoms with van der Waals surface area (Å²) in [5, 5.41) is 3.29. The summed E-state index contributed by atoms with van der Waals surface area (Å²) < 4.78 is 13.0. The molecular weight excluding hydrogens is 205 g/mol. The maximum Gasteiger partial charge on any atom is 0.164 e. The van der Waals surface area contributed by atoms with Crippen molar-refractivity contribution in [2.45, 2.75) is 32.2 Å². The van der Waals surface area contributed by atoms with Crippen LogP contribution in [0.25, 0.3) is 0 Å². The SMILES string of the molecule is Cc1cc(C(=O)CCNC2CC2)ccc1F. The van der Waals surface area contributed by atoms with Gasteiger partial charge in [-0.3, -0.25) is 4.79 Å². The van der Waals surface area contributed by atoms with Crippen LogP contribution in [0.2, 0.25) is 0 Å². The van der Waals surface area contributed by atoms with Crippen molar-refractivity contribution in [1.82, 2.24) is 5.32 Å². The largest absolute Gasteiger partial charge is 0.314 e. The molecule has 16 heavy (non-hydrogen) atoms. The Morgan fingerprint density at radius 1 is 1.50 bits per heavy atom. The van der Waals surface area contributed by atoms with Gasteiger partial charge in [-0.1, -0.05) is 0 Å². The summed E-state index contributed by atoms with van der Waals surface area (Å²) in [5.41, 5.74) is 1.14. The molecule has 0 amide bonds. The predicted octanol–water partition coefficient (Wildman–Crippen LogP) is 2.46. The highest BCUT2D eigenvalue weighted by Crippen LogP contribution is 2.18. The van der Waals surface area contributed by atoms with E-state index in [-0.39, 0.29) is 11.6 Å². The van der Waals surface area contributed by atoms with Crippen LogP contribution in [0.15, 0.2) is 18.2 Å². The summed E-state index contributed by atoms with van der Waals surface area (Å²) in [6.45, 7) is 2.40. The third-order valence-corrected chi connectivity index (χ3v) is 2.84. The van der Waals surface area contributed by atoms with E-state index in [4.69, 9.17) is 0 Å². The van der Waals surface area contributed by atoms with Gasteiger partial charge in [0.15, 0.2) is 5.78 Å². The molecule has 0 saturated heterocycles. The summed E-state index contributed by atoms with van der Waals surface area (Å²) in [6.07, 6.45) is 2.94. The molecule has 2 rings (SSSR count). The van der Waals surface area contributed by atoms with Gasteiger partial charge in [-0.15, -0.1) is 0 Å². The number of hydrogen-bond acceptors (Lipinski definition) is 2. The van der Waals surface area contributed by atoms with Gasteiger partial charge in [0, 0.05) is 24.6 Å². The first kappa shape index (κ1) is 11.3. The third kappa shape index (κ3) is 2.89. The number of carbonyl (C=O) groups excluding carboxylic acids is 1. The van der Waals surface area contributed by atoms with Crippen molar-refractivity contribution in [3.8, 4) is 0 Å². The van der Waals surface area contributed by atoms with Crippen molar-refractivity contribution in [2.24, 2.45) is 0 Å². The van der Waals surface area contributed by atoms with Crippen LogP contribution in [-0.4, -0.2) is 18.4 Å². The van der Waals surface area contributed by atoms with Crippen molar-refractivity contribution < 1.29 is 9.18 Å². The molecule has 0 heterocycles. The Bertz CT molecular complexity index is 399. The smallest absolute Gasteiger partial charge is 0.164 e. The number of halogens is 1. The van der Waals surface area contributed by atoms with Crippen LogP contribution in [0.1, 0.15) is 35.2 Å². The van der Waals surface area contributed by atoms with Crippen molar-refractivity contribution in [2.75, 3.05) is 6.54 Å². The van der Waals surface area contributed by atoms with Gasteiger partial charge < -0.3 is 5.32 Å². The number of aryl methyl sites for hydroxylation is 1. The predicted molar refractivity (Wildman–Crippen MR) is 61.1 cm³/mol. The second-order valence-electron chi connectivity index (χ2n) is 4.37. The Morgan fingerprint density at radius 3 is 2.88 bits per heavy atom. The van der Waals surface area contributed by atoms with E-state index in [2.05, 4.69) is 5.32 Å². The van der Waals surface area contributed by atoms with Crippen LogP contribution < -0.4 is 5.32 Å². The average molecular weight is 221 g/mol. The lowest BCUT2D eigenvalue weighted by molar-refractivity contribution is 0.0982. The summed E-state index contributed by atoms with van der Waals surface area (Å²) in [5.74, 6) is -0.177. The van der Waals surface area contributed by atoms with Crippen LogP contribution in [0.5, 0.6) is 0 Å². The molecule has 3 heteroatoms. The molecule has 2 nitrogen and oxygen atoms in total. The van der Waals surface area contributed by atoms with Gasteiger partial charge in [-0.05, 0) is 43.5 Å². The number of ketones is 1. The minimum Gasteiger partial charge on any atom is -0.314 e. The molecule has 0 aliphatic heterocycles.